The number of nitrogens with zero attached hydrogens (tertiary/aromatic N) is 2. The average molecular weight is 340 g/mol. The van der Waals surface area contributed by atoms with Crippen LogP contribution in [0.5, 0.6) is 5.75 Å². The van der Waals surface area contributed by atoms with Crippen LogP contribution in [0.15, 0.2) is 23.1 Å². The maximum absolute atomic E-state index is 13.2. The second kappa shape index (κ2) is 6.45. The zero-order valence-electron chi connectivity index (χ0n) is 11.9. The number of thiocarbonyl (C=S) groups is 1. The molecule has 1 saturated heterocycles. The number of hydrogen-bond donors (Lipinski definition) is 1. The summed E-state index contributed by atoms with van der Waals surface area (Å²) in [6, 6.07) is 3.44. The minimum absolute atomic E-state index is 0.143. The third-order valence-electron chi connectivity index (χ3n) is 2.94. The van der Waals surface area contributed by atoms with Crippen molar-refractivity contribution in [1.82, 2.24) is 9.80 Å². The Kier molecular flexibility index (Phi) is 4.82. The zero-order valence-corrected chi connectivity index (χ0v) is 13.5. The monoisotopic (exact) mass is 340 g/mol. The second-order valence-corrected chi connectivity index (χ2v) is 6.43. The van der Waals surface area contributed by atoms with Crippen LogP contribution in [0.25, 0.3) is 6.08 Å². The highest BCUT2D eigenvalue weighted by molar-refractivity contribution is 8.26. The number of likely N-dealkylation sites (N-methyl/N-ethyl adjacent to an activating group) is 1. The third kappa shape index (κ3) is 3.45. The van der Waals surface area contributed by atoms with E-state index >= 15 is 0 Å². The van der Waals surface area contributed by atoms with Crippen LogP contribution >= 0.6 is 24.0 Å². The van der Waals surface area contributed by atoms with Gasteiger partial charge in [-0.2, -0.15) is 0 Å². The molecule has 0 saturated carbocycles. The first kappa shape index (κ1) is 16.4. The van der Waals surface area contributed by atoms with Crippen molar-refractivity contribution in [2.45, 2.75) is 0 Å². The largest absolute Gasteiger partial charge is 0.507 e. The van der Waals surface area contributed by atoms with E-state index in [2.05, 4.69) is 0 Å². The lowest BCUT2D eigenvalue weighted by molar-refractivity contribution is -0.133. The molecule has 1 aliphatic rings. The van der Waals surface area contributed by atoms with Crippen molar-refractivity contribution in [1.29, 1.82) is 0 Å². The summed E-state index contributed by atoms with van der Waals surface area (Å²) in [4.78, 5) is 26.8. The Morgan fingerprint density at radius 3 is 2.82 bits per heavy atom. The molecule has 1 fully saturated rings. The molecule has 0 aliphatic carbocycles. The summed E-state index contributed by atoms with van der Waals surface area (Å²) in [6.07, 6.45) is 1.36. The Hall–Kier alpha value is -1.93. The molecule has 1 aromatic rings. The lowest BCUT2D eigenvalue weighted by atomic mass is 10.2. The molecule has 8 heteroatoms. The zero-order chi connectivity index (χ0) is 16.4. The number of carbonyl (C=O) groups excluding carboxylic acids is 2. The fraction of sp³-hybridized carbons (Fsp3) is 0.214. The quantitative estimate of drug-likeness (QED) is 0.672. The van der Waals surface area contributed by atoms with Crippen LogP contribution in [-0.2, 0) is 9.59 Å². The van der Waals surface area contributed by atoms with Gasteiger partial charge in [0.15, 0.2) is 0 Å². The highest BCUT2D eigenvalue weighted by atomic mass is 32.2. The van der Waals surface area contributed by atoms with E-state index in [0.29, 0.717) is 0 Å². The molecule has 0 bridgehead atoms. The van der Waals surface area contributed by atoms with Crippen LogP contribution in [0.3, 0.4) is 0 Å². The van der Waals surface area contributed by atoms with Crippen LogP contribution in [0.2, 0.25) is 0 Å². The second-order valence-electron chi connectivity index (χ2n) is 4.76. The first-order chi connectivity index (χ1) is 10.3. The summed E-state index contributed by atoms with van der Waals surface area (Å²) in [6.45, 7) is -0.149. The van der Waals surface area contributed by atoms with Gasteiger partial charge in [-0.15, -0.1) is 0 Å². The van der Waals surface area contributed by atoms with Gasteiger partial charge in [-0.1, -0.05) is 24.0 Å². The van der Waals surface area contributed by atoms with Gasteiger partial charge >= 0.3 is 0 Å². The summed E-state index contributed by atoms with van der Waals surface area (Å²) in [5.41, 5.74) is 0.180. The molecular weight excluding hydrogens is 327 g/mol. The summed E-state index contributed by atoms with van der Waals surface area (Å²) < 4.78 is 13.5. The highest BCUT2D eigenvalue weighted by Crippen LogP contribution is 2.34. The van der Waals surface area contributed by atoms with Crippen molar-refractivity contribution in [2.75, 3.05) is 20.6 Å². The standard InChI is InChI=1S/C14H13FN2O3S2/c1-16(2)12(19)7-17-13(20)11(22-14(17)21)6-8-5-9(15)3-4-10(8)18/h3-6,18H,7H2,1-2H3/b11-6+. The number of halogens is 1. The highest BCUT2D eigenvalue weighted by Gasteiger charge is 2.33. The van der Waals surface area contributed by atoms with Crippen LogP contribution < -0.4 is 0 Å². The van der Waals surface area contributed by atoms with Gasteiger partial charge in [0, 0.05) is 19.7 Å². The number of aromatic hydroxyl groups is 1. The normalized spacial score (nSPS) is 16.5. The summed E-state index contributed by atoms with van der Waals surface area (Å²) >= 11 is 6.10. The number of benzene rings is 1. The van der Waals surface area contributed by atoms with Crippen LogP contribution in [0.4, 0.5) is 4.39 Å². The van der Waals surface area contributed by atoms with E-state index in [1.54, 1.807) is 14.1 Å². The van der Waals surface area contributed by atoms with E-state index in [9.17, 15) is 19.1 Å². The molecule has 116 valence electrons. The molecule has 0 aromatic heterocycles. The summed E-state index contributed by atoms with van der Waals surface area (Å²) in [5, 5.41) is 9.69. The smallest absolute Gasteiger partial charge is 0.266 e. The minimum Gasteiger partial charge on any atom is -0.507 e. The predicted octanol–water partition coefficient (Wildman–Crippen LogP) is 1.82. The van der Waals surface area contributed by atoms with Crippen LogP contribution in [-0.4, -0.2) is 51.7 Å². The number of phenols is 1. The Labute approximate surface area is 136 Å². The number of phenolic OH excluding ortho intramolecular Hbond substituents is 1. The topological polar surface area (TPSA) is 60.9 Å². The van der Waals surface area contributed by atoms with Gasteiger partial charge in [0.1, 0.15) is 22.4 Å². The van der Waals surface area contributed by atoms with Gasteiger partial charge in [0.2, 0.25) is 5.91 Å². The molecule has 2 rings (SSSR count). The molecule has 0 unspecified atom stereocenters. The van der Waals surface area contributed by atoms with E-state index in [0.717, 1.165) is 23.9 Å². The number of amides is 2. The van der Waals surface area contributed by atoms with Crippen molar-refractivity contribution in [2.24, 2.45) is 0 Å². The molecule has 1 aromatic carbocycles. The van der Waals surface area contributed by atoms with Gasteiger partial charge in [-0.3, -0.25) is 14.5 Å². The molecule has 1 N–H and O–H groups in total. The molecular formula is C14H13FN2O3S2. The molecule has 2 amide bonds. The van der Waals surface area contributed by atoms with Crippen molar-refractivity contribution in [3.05, 3.63) is 34.5 Å². The molecule has 5 nitrogen and oxygen atoms in total. The van der Waals surface area contributed by atoms with E-state index in [4.69, 9.17) is 12.2 Å². The number of rotatable bonds is 3. The Bertz CT molecular complexity index is 689. The molecule has 1 heterocycles. The number of hydrogen-bond acceptors (Lipinski definition) is 5. The number of thioether (sulfide) groups is 1. The van der Waals surface area contributed by atoms with Gasteiger partial charge in [-0.05, 0) is 24.3 Å². The summed E-state index contributed by atoms with van der Waals surface area (Å²) in [5.74, 6) is -1.36. The average Bonchev–Trinajstić information content (AvgIpc) is 2.70. The lowest BCUT2D eigenvalue weighted by Crippen LogP contribution is -2.38. The van der Waals surface area contributed by atoms with Crippen molar-refractivity contribution >= 4 is 46.2 Å². The van der Waals surface area contributed by atoms with Crippen LogP contribution in [0, 0.1) is 5.82 Å². The third-order valence-corrected chi connectivity index (χ3v) is 4.32. The van der Waals surface area contributed by atoms with E-state index < -0.39 is 11.7 Å². The SMILES string of the molecule is CN(C)C(=O)CN1C(=O)/C(=C\c2cc(F)ccc2O)SC1=S. The maximum Gasteiger partial charge on any atom is 0.266 e. The Morgan fingerprint density at radius 1 is 1.50 bits per heavy atom. The first-order valence-electron chi connectivity index (χ1n) is 6.23. The Morgan fingerprint density at radius 2 is 2.18 bits per heavy atom. The van der Waals surface area contributed by atoms with Gasteiger partial charge in [-0.25, -0.2) is 4.39 Å². The maximum atomic E-state index is 13.2. The van der Waals surface area contributed by atoms with Gasteiger partial charge in [0.25, 0.3) is 5.91 Å². The van der Waals surface area contributed by atoms with Crippen molar-refractivity contribution < 1.29 is 19.1 Å². The fourth-order valence-electron chi connectivity index (χ4n) is 1.70. The van der Waals surface area contributed by atoms with E-state index in [1.165, 1.54) is 21.9 Å². The molecule has 22 heavy (non-hydrogen) atoms. The molecule has 1 aliphatic heterocycles. The van der Waals surface area contributed by atoms with Crippen molar-refractivity contribution in [3.8, 4) is 5.75 Å². The van der Waals surface area contributed by atoms with Crippen molar-refractivity contribution in [3.63, 3.8) is 0 Å². The van der Waals surface area contributed by atoms with Crippen LogP contribution in [0.1, 0.15) is 5.56 Å². The lowest BCUT2D eigenvalue weighted by Gasteiger charge is -2.17. The molecule has 0 atom stereocenters. The molecule has 0 spiro atoms. The predicted molar refractivity (Wildman–Crippen MR) is 86.6 cm³/mol. The van der Waals surface area contributed by atoms with E-state index in [1.807, 2.05) is 0 Å². The molecule has 0 radical (unpaired) electrons. The number of carbonyl (C=O) groups is 2. The van der Waals surface area contributed by atoms with Gasteiger partial charge in [0.05, 0.1) is 4.91 Å². The van der Waals surface area contributed by atoms with E-state index in [-0.39, 0.29) is 33.0 Å². The fourth-order valence-corrected chi connectivity index (χ4v) is 2.94. The Balaban J connectivity index is 2.26. The van der Waals surface area contributed by atoms with Gasteiger partial charge < -0.3 is 10.0 Å². The summed E-state index contributed by atoms with van der Waals surface area (Å²) in [7, 11) is 3.17. The minimum atomic E-state index is -0.526. The first-order valence-corrected chi connectivity index (χ1v) is 7.46.